The molecule has 1 unspecified atom stereocenters. The Morgan fingerprint density at radius 3 is 2.36 bits per heavy atom. The highest BCUT2D eigenvalue weighted by atomic mass is 16.5. The van der Waals surface area contributed by atoms with E-state index >= 15 is 0 Å². The first kappa shape index (κ1) is 28.4. The summed E-state index contributed by atoms with van der Waals surface area (Å²) in [5.74, 6) is 0.620. The number of phenols is 1. The molecule has 1 aromatic carbocycles. The van der Waals surface area contributed by atoms with Crippen molar-refractivity contribution < 1.29 is 24.5 Å². The highest BCUT2D eigenvalue weighted by Crippen LogP contribution is 2.28. The third-order valence-electron chi connectivity index (χ3n) is 5.61. The van der Waals surface area contributed by atoms with Crippen LogP contribution in [-0.2, 0) is 16.0 Å². The van der Waals surface area contributed by atoms with Crippen molar-refractivity contribution in [1.82, 2.24) is 0 Å². The fourth-order valence-electron chi connectivity index (χ4n) is 3.63. The number of benzene rings is 1. The molecular weight excluding hydrogens is 416 g/mol. The number of phenolic OH excluding ortho intramolecular Hbond substituents is 1. The monoisotopic (exact) mass is 456 g/mol. The molecule has 0 aromatic heterocycles. The summed E-state index contributed by atoms with van der Waals surface area (Å²) in [6.07, 6.45) is 7.26. The molecule has 0 aliphatic rings. The third kappa shape index (κ3) is 10.2. The summed E-state index contributed by atoms with van der Waals surface area (Å²) >= 11 is 0. The third-order valence-corrected chi connectivity index (χ3v) is 5.61. The summed E-state index contributed by atoms with van der Waals surface area (Å²) in [5, 5.41) is 20.4. The zero-order valence-electron chi connectivity index (χ0n) is 21.2. The summed E-state index contributed by atoms with van der Waals surface area (Å²) < 4.78 is 5.27. The molecule has 0 saturated heterocycles. The Balaban J connectivity index is 2.56. The number of hydrogen-bond acceptors (Lipinski definition) is 5. The number of ketones is 2. The second-order valence-electron chi connectivity index (χ2n) is 9.28. The van der Waals surface area contributed by atoms with Gasteiger partial charge in [0.15, 0.2) is 11.6 Å². The van der Waals surface area contributed by atoms with Gasteiger partial charge in [-0.05, 0) is 96.1 Å². The number of rotatable bonds is 13. The molecule has 5 heteroatoms. The van der Waals surface area contributed by atoms with Gasteiger partial charge in [0.1, 0.15) is 17.6 Å². The number of ether oxygens (including phenoxy) is 1. The molecule has 0 spiro atoms. The predicted molar refractivity (Wildman–Crippen MR) is 134 cm³/mol. The lowest BCUT2D eigenvalue weighted by Gasteiger charge is -2.16. The first-order chi connectivity index (χ1) is 15.4. The number of allylic oxidation sites excluding steroid dienone is 5. The van der Waals surface area contributed by atoms with Gasteiger partial charge in [-0.2, -0.15) is 0 Å². The molecule has 0 aliphatic carbocycles. The van der Waals surface area contributed by atoms with E-state index in [1.54, 1.807) is 19.3 Å². The van der Waals surface area contributed by atoms with E-state index in [0.29, 0.717) is 25.0 Å². The Morgan fingerprint density at radius 2 is 1.76 bits per heavy atom. The first-order valence-electron chi connectivity index (χ1n) is 11.5. The van der Waals surface area contributed by atoms with E-state index in [-0.39, 0.29) is 23.2 Å². The summed E-state index contributed by atoms with van der Waals surface area (Å²) in [7, 11) is 1.59. The largest absolute Gasteiger partial charge is 0.507 e. The van der Waals surface area contributed by atoms with Crippen LogP contribution in [0, 0.1) is 12.8 Å². The van der Waals surface area contributed by atoms with E-state index in [0.717, 1.165) is 40.7 Å². The maximum absolute atomic E-state index is 12.4. The van der Waals surface area contributed by atoms with Gasteiger partial charge in [-0.15, -0.1) is 0 Å². The van der Waals surface area contributed by atoms with Crippen LogP contribution in [0.15, 0.2) is 47.1 Å². The normalized spacial score (nSPS) is 13.9. The molecule has 0 aliphatic heterocycles. The number of aromatic hydroxyl groups is 1. The Bertz CT molecular complexity index is 916. The van der Waals surface area contributed by atoms with Crippen molar-refractivity contribution in [2.75, 3.05) is 7.11 Å². The predicted octanol–water partition coefficient (Wildman–Crippen LogP) is 5.81. The SMILES string of the molecule is COc1cc(C)c(O)c(C/C=C(\C)CC(=O)/C=C(\C)CCCC(C)[C@@H](O)C(=O)C=C(C)C)c1. The molecule has 0 saturated carbocycles. The van der Waals surface area contributed by atoms with Crippen LogP contribution >= 0.6 is 0 Å². The van der Waals surface area contributed by atoms with Crippen molar-refractivity contribution in [1.29, 1.82) is 0 Å². The minimum absolute atomic E-state index is 0.0408. The molecule has 0 bridgehead atoms. The van der Waals surface area contributed by atoms with E-state index in [2.05, 4.69) is 0 Å². The maximum Gasteiger partial charge on any atom is 0.184 e. The summed E-state index contributed by atoms with van der Waals surface area (Å²) in [6, 6.07) is 3.60. The number of aryl methyl sites for hydroxylation is 1. The fraction of sp³-hybridized carbons (Fsp3) is 0.500. The van der Waals surface area contributed by atoms with Crippen molar-refractivity contribution in [2.24, 2.45) is 5.92 Å². The average Bonchev–Trinajstić information content (AvgIpc) is 2.73. The number of aliphatic hydroxyl groups excluding tert-OH is 1. The first-order valence-corrected chi connectivity index (χ1v) is 11.5. The second-order valence-corrected chi connectivity index (χ2v) is 9.28. The van der Waals surface area contributed by atoms with Crippen molar-refractivity contribution in [3.63, 3.8) is 0 Å². The lowest BCUT2D eigenvalue weighted by atomic mass is 9.93. The van der Waals surface area contributed by atoms with Gasteiger partial charge < -0.3 is 14.9 Å². The Labute approximate surface area is 198 Å². The van der Waals surface area contributed by atoms with E-state index in [4.69, 9.17) is 4.74 Å². The van der Waals surface area contributed by atoms with Crippen LogP contribution in [0.25, 0.3) is 0 Å². The van der Waals surface area contributed by atoms with E-state index < -0.39 is 6.10 Å². The van der Waals surface area contributed by atoms with Crippen molar-refractivity contribution in [2.45, 2.75) is 79.8 Å². The Kier molecular flexibility index (Phi) is 11.9. The smallest absolute Gasteiger partial charge is 0.184 e. The highest BCUT2D eigenvalue weighted by molar-refractivity contribution is 5.94. The number of carbonyl (C=O) groups is 2. The number of methoxy groups -OCH3 is 1. The van der Waals surface area contributed by atoms with Crippen LogP contribution in [0.1, 0.15) is 71.4 Å². The van der Waals surface area contributed by atoms with Crippen LogP contribution in [0.2, 0.25) is 0 Å². The van der Waals surface area contributed by atoms with E-state index in [9.17, 15) is 19.8 Å². The summed E-state index contributed by atoms with van der Waals surface area (Å²) in [6.45, 7) is 11.2. The molecule has 0 amide bonds. The molecule has 0 fully saturated rings. The molecule has 2 atom stereocenters. The van der Waals surface area contributed by atoms with Gasteiger partial charge >= 0.3 is 0 Å². The molecule has 0 radical (unpaired) electrons. The van der Waals surface area contributed by atoms with Gasteiger partial charge in [0.05, 0.1) is 7.11 Å². The van der Waals surface area contributed by atoms with Gasteiger partial charge in [-0.1, -0.05) is 29.7 Å². The van der Waals surface area contributed by atoms with Gasteiger partial charge in [0, 0.05) is 12.0 Å². The molecule has 0 heterocycles. The van der Waals surface area contributed by atoms with Crippen LogP contribution in [0.3, 0.4) is 0 Å². The van der Waals surface area contributed by atoms with Crippen LogP contribution in [-0.4, -0.2) is 35.0 Å². The van der Waals surface area contributed by atoms with Crippen LogP contribution in [0.4, 0.5) is 0 Å². The number of aliphatic hydroxyl groups is 1. The molecule has 2 N–H and O–H groups in total. The fourth-order valence-corrected chi connectivity index (χ4v) is 3.63. The summed E-state index contributed by atoms with van der Waals surface area (Å²) in [4.78, 5) is 24.4. The summed E-state index contributed by atoms with van der Waals surface area (Å²) in [5.41, 5.74) is 4.34. The molecule has 1 aromatic rings. The number of hydrogen-bond donors (Lipinski definition) is 2. The van der Waals surface area contributed by atoms with Crippen molar-refractivity contribution in [3.8, 4) is 11.5 Å². The number of carbonyl (C=O) groups excluding carboxylic acids is 2. The Hall–Kier alpha value is -2.66. The minimum Gasteiger partial charge on any atom is -0.507 e. The van der Waals surface area contributed by atoms with Crippen molar-refractivity contribution in [3.05, 3.63) is 58.2 Å². The molecule has 33 heavy (non-hydrogen) atoms. The zero-order chi connectivity index (χ0) is 25.1. The van der Waals surface area contributed by atoms with E-state index in [1.807, 2.05) is 53.7 Å². The zero-order valence-corrected chi connectivity index (χ0v) is 21.2. The minimum atomic E-state index is -0.980. The van der Waals surface area contributed by atoms with Gasteiger partial charge in [0.2, 0.25) is 0 Å². The molecular formula is C28H40O5. The average molecular weight is 457 g/mol. The molecule has 1 rings (SSSR count). The van der Waals surface area contributed by atoms with Crippen molar-refractivity contribution >= 4 is 11.6 Å². The van der Waals surface area contributed by atoms with Crippen LogP contribution in [0.5, 0.6) is 11.5 Å². The van der Waals surface area contributed by atoms with Gasteiger partial charge in [-0.25, -0.2) is 0 Å². The lowest BCUT2D eigenvalue weighted by Crippen LogP contribution is -2.26. The maximum atomic E-state index is 12.4. The van der Waals surface area contributed by atoms with E-state index in [1.165, 1.54) is 6.08 Å². The van der Waals surface area contributed by atoms with Crippen LogP contribution < -0.4 is 4.74 Å². The standard InChI is InChI=1S/C28H40O5/c1-18(2)13-26(30)28(32)21(5)10-8-9-19(3)14-24(29)15-20(4)11-12-23-17-25(33-7)16-22(6)27(23)31/h11,13-14,16-17,21,28,31-32H,8-10,12,15H2,1-7H3/b19-14+,20-11+/t21?,28-/m1/s1. The topological polar surface area (TPSA) is 83.8 Å². The quantitative estimate of drug-likeness (QED) is 0.289. The van der Waals surface area contributed by atoms with Gasteiger partial charge in [-0.3, -0.25) is 9.59 Å². The second kappa shape index (κ2) is 13.8. The molecule has 182 valence electrons. The highest BCUT2D eigenvalue weighted by Gasteiger charge is 2.20. The Morgan fingerprint density at radius 1 is 1.09 bits per heavy atom. The van der Waals surface area contributed by atoms with Gasteiger partial charge in [0.25, 0.3) is 0 Å². The molecule has 5 nitrogen and oxygen atoms in total. The lowest BCUT2D eigenvalue weighted by molar-refractivity contribution is -0.124.